The maximum absolute atomic E-state index is 12.4. The highest BCUT2D eigenvalue weighted by Gasteiger charge is 2.27. The Labute approximate surface area is 146 Å². The van der Waals surface area contributed by atoms with Gasteiger partial charge in [0.25, 0.3) is 5.91 Å². The van der Waals surface area contributed by atoms with Crippen LogP contribution in [-0.2, 0) is 4.79 Å². The number of nitrogens with zero attached hydrogens (tertiary/aromatic N) is 1. The Bertz CT molecular complexity index is 550. The molecule has 1 aromatic rings. The van der Waals surface area contributed by atoms with Crippen molar-refractivity contribution in [1.82, 2.24) is 10.2 Å². The Morgan fingerprint density at radius 3 is 2.39 bits per heavy atom. The summed E-state index contributed by atoms with van der Waals surface area (Å²) in [5, 5.41) is 3.09. The molecule has 0 aromatic heterocycles. The standard InChI is InChI=1S/C18H25BrN2O2/c1-3-13(4-2)18(23)21-11-9-14(10-12-21)20-17(22)15-7-5-6-8-16(15)19/h5-8,13-14H,3-4,9-12H2,1-2H3,(H,20,22). The molecule has 2 rings (SSSR count). The van der Waals surface area contributed by atoms with E-state index in [1.54, 1.807) is 0 Å². The van der Waals surface area contributed by atoms with Crippen LogP contribution in [0.3, 0.4) is 0 Å². The van der Waals surface area contributed by atoms with Gasteiger partial charge in [0.15, 0.2) is 0 Å². The number of piperidine rings is 1. The van der Waals surface area contributed by atoms with Gasteiger partial charge in [-0.2, -0.15) is 0 Å². The zero-order valence-corrected chi connectivity index (χ0v) is 15.4. The first kappa shape index (κ1) is 18.0. The van der Waals surface area contributed by atoms with Crippen molar-refractivity contribution in [2.45, 2.75) is 45.6 Å². The molecule has 1 aromatic carbocycles. The van der Waals surface area contributed by atoms with Crippen LogP contribution < -0.4 is 5.32 Å². The lowest BCUT2D eigenvalue weighted by Gasteiger charge is -2.34. The number of carbonyl (C=O) groups excluding carboxylic acids is 2. The summed E-state index contributed by atoms with van der Waals surface area (Å²) in [4.78, 5) is 26.7. The number of rotatable bonds is 5. The van der Waals surface area contributed by atoms with Crippen LogP contribution >= 0.6 is 15.9 Å². The van der Waals surface area contributed by atoms with Crippen LogP contribution in [0.2, 0.25) is 0 Å². The normalized spacial score (nSPS) is 15.7. The zero-order valence-electron chi connectivity index (χ0n) is 13.8. The molecular formula is C18H25BrN2O2. The van der Waals surface area contributed by atoms with Crippen molar-refractivity contribution in [3.8, 4) is 0 Å². The summed E-state index contributed by atoms with van der Waals surface area (Å²) in [5.41, 5.74) is 0.656. The van der Waals surface area contributed by atoms with E-state index in [2.05, 4.69) is 35.1 Å². The van der Waals surface area contributed by atoms with Gasteiger partial charge in [0, 0.05) is 29.5 Å². The molecule has 1 aliphatic heterocycles. The maximum Gasteiger partial charge on any atom is 0.252 e. The molecule has 1 saturated heterocycles. The second-order valence-electron chi connectivity index (χ2n) is 6.07. The van der Waals surface area contributed by atoms with Crippen molar-refractivity contribution < 1.29 is 9.59 Å². The first-order valence-corrected chi connectivity index (χ1v) is 9.20. The number of halogens is 1. The first-order chi connectivity index (χ1) is 11.1. The summed E-state index contributed by atoms with van der Waals surface area (Å²) < 4.78 is 0.804. The van der Waals surface area contributed by atoms with E-state index >= 15 is 0 Å². The van der Waals surface area contributed by atoms with E-state index in [0.29, 0.717) is 5.56 Å². The molecule has 0 spiro atoms. The summed E-state index contributed by atoms with van der Waals surface area (Å²) in [6.45, 7) is 5.60. The highest BCUT2D eigenvalue weighted by atomic mass is 79.9. The van der Waals surface area contributed by atoms with Gasteiger partial charge in [-0.1, -0.05) is 26.0 Å². The van der Waals surface area contributed by atoms with Crippen molar-refractivity contribution in [2.24, 2.45) is 5.92 Å². The predicted molar refractivity (Wildman–Crippen MR) is 95.3 cm³/mol. The molecular weight excluding hydrogens is 356 g/mol. The van der Waals surface area contributed by atoms with Gasteiger partial charge < -0.3 is 10.2 Å². The SMILES string of the molecule is CCC(CC)C(=O)N1CCC(NC(=O)c2ccccc2Br)CC1. The molecule has 0 radical (unpaired) electrons. The molecule has 1 N–H and O–H groups in total. The van der Waals surface area contributed by atoms with E-state index in [-0.39, 0.29) is 23.8 Å². The Morgan fingerprint density at radius 2 is 1.83 bits per heavy atom. The lowest BCUT2D eigenvalue weighted by Crippen LogP contribution is -2.48. The van der Waals surface area contributed by atoms with Gasteiger partial charge in [0.05, 0.1) is 5.56 Å². The summed E-state index contributed by atoms with van der Waals surface area (Å²) >= 11 is 3.41. The van der Waals surface area contributed by atoms with Crippen molar-refractivity contribution in [3.63, 3.8) is 0 Å². The fraction of sp³-hybridized carbons (Fsp3) is 0.556. The van der Waals surface area contributed by atoms with Crippen molar-refractivity contribution >= 4 is 27.7 Å². The number of likely N-dealkylation sites (tertiary alicyclic amines) is 1. The molecule has 0 saturated carbocycles. The van der Waals surface area contributed by atoms with Gasteiger partial charge in [-0.15, -0.1) is 0 Å². The minimum atomic E-state index is -0.0535. The minimum Gasteiger partial charge on any atom is -0.349 e. The molecule has 1 aliphatic rings. The molecule has 126 valence electrons. The highest BCUT2D eigenvalue weighted by molar-refractivity contribution is 9.10. The average Bonchev–Trinajstić information content (AvgIpc) is 2.57. The summed E-state index contributed by atoms with van der Waals surface area (Å²) in [5.74, 6) is 0.356. The Morgan fingerprint density at radius 1 is 1.22 bits per heavy atom. The molecule has 2 amide bonds. The molecule has 5 heteroatoms. The summed E-state index contributed by atoms with van der Waals surface area (Å²) in [7, 11) is 0. The Hall–Kier alpha value is -1.36. The van der Waals surface area contributed by atoms with Gasteiger partial charge >= 0.3 is 0 Å². The number of nitrogens with one attached hydrogen (secondary N) is 1. The van der Waals surface area contributed by atoms with Crippen LogP contribution in [0.15, 0.2) is 28.7 Å². The van der Waals surface area contributed by atoms with E-state index in [0.717, 1.165) is 43.2 Å². The average molecular weight is 381 g/mol. The van der Waals surface area contributed by atoms with Gasteiger partial charge in [0.2, 0.25) is 5.91 Å². The third-order valence-corrected chi connectivity index (χ3v) is 5.29. The molecule has 23 heavy (non-hydrogen) atoms. The largest absolute Gasteiger partial charge is 0.349 e. The van der Waals surface area contributed by atoms with Crippen LogP contribution in [0.5, 0.6) is 0 Å². The van der Waals surface area contributed by atoms with Crippen LogP contribution in [0.4, 0.5) is 0 Å². The number of amides is 2. The van der Waals surface area contributed by atoms with E-state index in [9.17, 15) is 9.59 Å². The zero-order chi connectivity index (χ0) is 16.8. The smallest absolute Gasteiger partial charge is 0.252 e. The number of carbonyl (C=O) groups is 2. The molecule has 0 bridgehead atoms. The molecule has 4 nitrogen and oxygen atoms in total. The minimum absolute atomic E-state index is 0.0535. The molecule has 0 aliphatic carbocycles. The first-order valence-electron chi connectivity index (χ1n) is 8.41. The summed E-state index contributed by atoms with van der Waals surface area (Å²) in [6.07, 6.45) is 3.44. The molecule has 0 atom stereocenters. The van der Waals surface area contributed by atoms with Crippen LogP contribution in [0, 0.1) is 5.92 Å². The Kier molecular flexibility index (Phi) is 6.63. The predicted octanol–water partition coefficient (Wildman–Crippen LogP) is 3.61. The van der Waals surface area contributed by atoms with Crippen molar-refractivity contribution in [1.29, 1.82) is 0 Å². The molecule has 1 fully saturated rings. The number of benzene rings is 1. The lowest BCUT2D eigenvalue weighted by atomic mass is 9.98. The van der Waals surface area contributed by atoms with E-state index in [1.807, 2.05) is 29.2 Å². The number of hydrogen-bond donors (Lipinski definition) is 1. The van der Waals surface area contributed by atoms with Crippen LogP contribution in [-0.4, -0.2) is 35.8 Å². The second-order valence-corrected chi connectivity index (χ2v) is 6.92. The monoisotopic (exact) mass is 380 g/mol. The lowest BCUT2D eigenvalue weighted by molar-refractivity contribution is -0.136. The van der Waals surface area contributed by atoms with Gasteiger partial charge in [-0.05, 0) is 53.7 Å². The third-order valence-electron chi connectivity index (χ3n) is 4.60. The Balaban J connectivity index is 1.86. The van der Waals surface area contributed by atoms with E-state index in [4.69, 9.17) is 0 Å². The quantitative estimate of drug-likeness (QED) is 0.847. The van der Waals surface area contributed by atoms with Gasteiger partial charge in [-0.3, -0.25) is 9.59 Å². The molecule has 0 unspecified atom stereocenters. The fourth-order valence-corrected chi connectivity index (χ4v) is 3.51. The number of hydrogen-bond acceptors (Lipinski definition) is 2. The van der Waals surface area contributed by atoms with Crippen molar-refractivity contribution in [2.75, 3.05) is 13.1 Å². The van der Waals surface area contributed by atoms with E-state index < -0.39 is 0 Å². The maximum atomic E-state index is 12.4. The van der Waals surface area contributed by atoms with Gasteiger partial charge in [0.1, 0.15) is 0 Å². The fourth-order valence-electron chi connectivity index (χ4n) is 3.05. The molecule has 1 heterocycles. The van der Waals surface area contributed by atoms with Crippen molar-refractivity contribution in [3.05, 3.63) is 34.3 Å². The van der Waals surface area contributed by atoms with Gasteiger partial charge in [-0.25, -0.2) is 0 Å². The second kappa shape index (κ2) is 8.48. The van der Waals surface area contributed by atoms with E-state index in [1.165, 1.54) is 0 Å². The summed E-state index contributed by atoms with van der Waals surface area (Å²) in [6, 6.07) is 7.57. The van der Waals surface area contributed by atoms with Crippen LogP contribution in [0.25, 0.3) is 0 Å². The topological polar surface area (TPSA) is 49.4 Å². The van der Waals surface area contributed by atoms with Crippen LogP contribution in [0.1, 0.15) is 49.9 Å². The highest BCUT2D eigenvalue weighted by Crippen LogP contribution is 2.19. The third kappa shape index (κ3) is 4.56.